The first kappa shape index (κ1) is 59.6. The third-order valence-corrected chi connectivity index (χ3v) is 11.1. The summed E-state index contributed by atoms with van der Waals surface area (Å²) in [5, 5.41) is 10.4. The van der Waals surface area contributed by atoms with Crippen LogP contribution < -0.4 is 26.4 Å². The van der Waals surface area contributed by atoms with E-state index in [1.54, 1.807) is 29.0 Å². The number of nitrogens with zero attached hydrogens (tertiary/aromatic N) is 2. The molecule has 1 heterocycles. The van der Waals surface area contributed by atoms with Gasteiger partial charge < -0.3 is 0 Å². The number of halogens is 24. The van der Waals surface area contributed by atoms with Crippen molar-refractivity contribution in [1.29, 1.82) is 0 Å². The van der Waals surface area contributed by atoms with Crippen LogP contribution in [0, 0.1) is 10.1 Å². The predicted molar refractivity (Wildman–Crippen MR) is 218 cm³/mol. The first-order chi connectivity index (χ1) is 34.4. The summed E-state index contributed by atoms with van der Waals surface area (Å²) in [4.78, 5) is 21.6. The maximum atomic E-state index is 14.2. The third kappa shape index (κ3) is 13.9. The fraction of sp³-hybridized carbons (Fsp3) is 0.217. The summed E-state index contributed by atoms with van der Waals surface area (Å²) in [6.07, 6.45) is -53.1. The van der Waals surface area contributed by atoms with Gasteiger partial charge in [0.25, 0.3) is 18.0 Å². The van der Waals surface area contributed by atoms with Gasteiger partial charge in [0.05, 0.1) is 44.5 Å². The molecule has 408 valence electrons. The van der Waals surface area contributed by atoms with Crippen molar-refractivity contribution in [3.05, 3.63) is 193 Å². The zero-order chi connectivity index (χ0) is 57.6. The maximum Gasteiger partial charge on any atom is 0.416 e. The molecule has 6 aromatic rings. The standard InChI is InChI=1S/C32H12BF24.C14H13N2O3/c34-25(35,36)13-1-14(26(37,38)39)6-21(5-13)33(22-7-15(27(40,41)42)2-16(8-22)28(43,44)45,23-9-17(29(46,47)48)3-18(10-23)30(49,50)51)24-11-19(31(52,53)54)4-20(12-24)32(55,56)57;17-14(11-16(18)19)13-8-4-5-9-15(13)10-12-6-2-1-3-7-12/h1-12H;1-9H,10-11H2/q-1;+1. The monoisotopic (exact) mass is 1120 g/mol. The second-order valence-electron chi connectivity index (χ2n) is 16.3. The van der Waals surface area contributed by atoms with Crippen LogP contribution in [0.25, 0.3) is 0 Å². The molecule has 0 unspecified atom stereocenters. The van der Waals surface area contributed by atoms with Crippen molar-refractivity contribution in [2.45, 2.75) is 56.0 Å². The van der Waals surface area contributed by atoms with Crippen molar-refractivity contribution in [3.8, 4) is 0 Å². The average molecular weight is 1120 g/mol. The van der Waals surface area contributed by atoms with Gasteiger partial charge in [-0.3, -0.25) is 14.9 Å². The van der Waals surface area contributed by atoms with Gasteiger partial charge in [0, 0.05) is 22.6 Å². The summed E-state index contributed by atoms with van der Waals surface area (Å²) >= 11 is 0. The molecule has 6 rings (SSSR count). The molecule has 0 radical (unpaired) electrons. The Morgan fingerprint density at radius 2 is 0.645 bits per heavy atom. The lowest BCUT2D eigenvalue weighted by molar-refractivity contribution is -0.690. The van der Waals surface area contributed by atoms with Crippen molar-refractivity contribution >= 4 is 33.8 Å². The highest BCUT2D eigenvalue weighted by atomic mass is 19.4. The second kappa shape index (κ2) is 20.7. The Labute approximate surface area is 409 Å². The molecule has 0 aliphatic rings. The summed E-state index contributed by atoms with van der Waals surface area (Å²) in [6, 6.07) is 5.93. The third-order valence-electron chi connectivity index (χ3n) is 11.1. The van der Waals surface area contributed by atoms with E-state index < -0.39 is 212 Å². The van der Waals surface area contributed by atoms with Crippen molar-refractivity contribution in [2.24, 2.45) is 0 Å². The van der Waals surface area contributed by atoms with Gasteiger partial charge in [-0.05, 0) is 30.3 Å². The van der Waals surface area contributed by atoms with Gasteiger partial charge in [-0.2, -0.15) is 132 Å². The molecule has 0 amide bonds. The average Bonchev–Trinajstić information content (AvgIpc) is 3.27. The van der Waals surface area contributed by atoms with Crippen LogP contribution in [0.1, 0.15) is 60.6 Å². The lowest BCUT2D eigenvalue weighted by Crippen LogP contribution is -2.75. The molecule has 76 heavy (non-hydrogen) atoms. The molecular formula is C46H25BF24N2O3. The predicted octanol–water partition coefficient (Wildman–Crippen LogP) is 12.7. The van der Waals surface area contributed by atoms with Crippen LogP contribution in [0.3, 0.4) is 0 Å². The summed E-state index contributed by atoms with van der Waals surface area (Å²) in [5.41, 5.74) is -28.8. The van der Waals surface area contributed by atoms with Crippen LogP contribution in [0.5, 0.6) is 0 Å². The van der Waals surface area contributed by atoms with E-state index in [0.29, 0.717) is 12.2 Å². The Kier molecular flexibility index (Phi) is 16.2. The molecule has 0 saturated carbocycles. The molecule has 0 bridgehead atoms. The quantitative estimate of drug-likeness (QED) is 0.0362. The van der Waals surface area contributed by atoms with Crippen LogP contribution >= 0.6 is 0 Å². The van der Waals surface area contributed by atoms with Crippen molar-refractivity contribution in [3.63, 3.8) is 0 Å². The minimum Gasteiger partial charge on any atom is -0.280 e. The number of benzene rings is 5. The Morgan fingerprint density at radius 3 is 0.882 bits per heavy atom. The Bertz CT molecular complexity index is 2660. The van der Waals surface area contributed by atoms with Gasteiger partial charge in [-0.15, -0.1) is 0 Å². The number of ketones is 1. The molecule has 0 spiro atoms. The van der Waals surface area contributed by atoms with Gasteiger partial charge in [-0.25, -0.2) is 0 Å². The summed E-state index contributed by atoms with van der Waals surface area (Å²) < 4.78 is 343. The highest BCUT2D eigenvalue weighted by molar-refractivity contribution is 7.20. The number of rotatable bonds is 9. The van der Waals surface area contributed by atoms with Crippen molar-refractivity contribution < 1.29 is 120 Å². The molecule has 0 aliphatic carbocycles. The van der Waals surface area contributed by atoms with Crippen LogP contribution in [0.4, 0.5) is 105 Å². The van der Waals surface area contributed by atoms with Crippen LogP contribution in [-0.4, -0.2) is 23.4 Å². The number of hydrogen-bond acceptors (Lipinski definition) is 3. The largest absolute Gasteiger partial charge is 0.416 e. The van der Waals surface area contributed by atoms with Crippen LogP contribution in [0.2, 0.25) is 0 Å². The van der Waals surface area contributed by atoms with Gasteiger partial charge in [0.2, 0.25) is 0 Å². The molecular weight excluding hydrogens is 1100 g/mol. The topological polar surface area (TPSA) is 64.1 Å². The van der Waals surface area contributed by atoms with Gasteiger partial charge in [0.1, 0.15) is 6.15 Å². The number of alkyl halides is 24. The highest BCUT2D eigenvalue weighted by Gasteiger charge is 2.47. The van der Waals surface area contributed by atoms with E-state index >= 15 is 0 Å². The molecule has 0 N–H and O–H groups in total. The Balaban J connectivity index is 0.000000468. The Morgan fingerprint density at radius 1 is 0.395 bits per heavy atom. The van der Waals surface area contributed by atoms with Gasteiger partial charge in [0.15, 0.2) is 12.7 Å². The fourth-order valence-electron chi connectivity index (χ4n) is 7.92. The lowest BCUT2D eigenvalue weighted by atomic mass is 9.12. The van der Waals surface area contributed by atoms with Crippen molar-refractivity contribution in [1.82, 2.24) is 0 Å². The minimum atomic E-state index is -6.13. The number of carbonyl (C=O) groups excluding carboxylic acids is 1. The first-order valence-corrected chi connectivity index (χ1v) is 20.5. The maximum absolute atomic E-state index is 14.2. The molecule has 30 heteroatoms. The number of pyridine rings is 1. The van der Waals surface area contributed by atoms with E-state index in [2.05, 4.69) is 0 Å². The molecule has 0 atom stereocenters. The molecule has 1 aromatic heterocycles. The van der Waals surface area contributed by atoms with E-state index in [9.17, 15) is 120 Å². The minimum absolute atomic E-state index is 0.350. The molecule has 0 aliphatic heterocycles. The summed E-state index contributed by atoms with van der Waals surface area (Å²) in [5.74, 6) is -0.485. The van der Waals surface area contributed by atoms with E-state index in [1.165, 1.54) is 0 Å². The van der Waals surface area contributed by atoms with E-state index in [1.807, 2.05) is 30.3 Å². The van der Waals surface area contributed by atoms with Crippen molar-refractivity contribution in [2.75, 3.05) is 6.54 Å². The smallest absolute Gasteiger partial charge is 0.280 e. The lowest BCUT2D eigenvalue weighted by Gasteiger charge is -2.46. The Hall–Kier alpha value is -7.30. The zero-order valence-corrected chi connectivity index (χ0v) is 36.8. The normalized spacial score (nSPS) is 13.3. The zero-order valence-electron chi connectivity index (χ0n) is 36.8. The fourth-order valence-corrected chi connectivity index (χ4v) is 7.92. The number of aromatic nitrogens is 1. The number of carbonyl (C=O) groups is 1. The SMILES string of the molecule is FC(F)(F)c1cc([B-](c2cc(C(F)(F)F)cc(C(F)(F)F)c2)(c2cc(C(F)(F)F)cc(C(F)(F)F)c2)c2cc(C(F)(F)F)cc(C(F)(F)F)c2)cc(C(F)(F)F)c1.O=C(C[N+](=O)[O-])c1cccc[n+]1Cc1ccccc1. The van der Waals surface area contributed by atoms with E-state index in [4.69, 9.17) is 0 Å². The number of nitro groups is 1. The summed E-state index contributed by atoms with van der Waals surface area (Å²) in [7, 11) is 0. The van der Waals surface area contributed by atoms with Crippen LogP contribution in [0.15, 0.2) is 128 Å². The first-order valence-electron chi connectivity index (χ1n) is 20.5. The number of Topliss-reactive ketones (excluding diaryl/α,β-unsaturated/α-hetero) is 1. The summed E-state index contributed by atoms with van der Waals surface area (Å²) in [6.45, 7) is -0.167. The molecule has 5 nitrogen and oxygen atoms in total. The highest BCUT2D eigenvalue weighted by Crippen LogP contribution is 2.41. The second-order valence-corrected chi connectivity index (χ2v) is 16.3. The molecule has 5 aromatic carbocycles. The van der Waals surface area contributed by atoms with Crippen LogP contribution in [-0.2, 0) is 56.0 Å². The number of hydrogen-bond donors (Lipinski definition) is 0. The van der Waals surface area contributed by atoms with E-state index in [0.717, 1.165) is 5.56 Å². The van der Waals surface area contributed by atoms with Gasteiger partial charge in [-0.1, -0.05) is 78.9 Å². The van der Waals surface area contributed by atoms with E-state index in [-0.39, 0.29) is 0 Å². The van der Waals surface area contributed by atoms with Gasteiger partial charge >= 0.3 is 49.4 Å². The molecule has 0 saturated heterocycles. The molecule has 0 fully saturated rings.